The van der Waals surface area contributed by atoms with Gasteiger partial charge in [0, 0.05) is 22.7 Å². The molecule has 4 aromatic rings. The number of benzene rings is 3. The first-order chi connectivity index (χ1) is 18.5. The van der Waals surface area contributed by atoms with Crippen LogP contribution < -0.4 is 20.1 Å². The lowest BCUT2D eigenvalue weighted by Crippen LogP contribution is -2.32. The molecule has 2 N–H and O–H groups in total. The Morgan fingerprint density at radius 1 is 1.05 bits per heavy atom. The van der Waals surface area contributed by atoms with Crippen molar-refractivity contribution in [2.24, 2.45) is 5.92 Å². The Balaban J connectivity index is 1.32. The van der Waals surface area contributed by atoms with Crippen molar-refractivity contribution >= 4 is 45.6 Å². The second kappa shape index (κ2) is 11.7. The molecule has 0 saturated carbocycles. The van der Waals surface area contributed by atoms with Gasteiger partial charge < -0.3 is 25.0 Å². The molecule has 196 valence electrons. The molecule has 0 radical (unpaired) electrons. The maximum atomic E-state index is 12.5. The van der Waals surface area contributed by atoms with Crippen LogP contribution in [0.2, 0.25) is 5.02 Å². The van der Waals surface area contributed by atoms with Gasteiger partial charge in [-0.05, 0) is 75.3 Å². The van der Waals surface area contributed by atoms with Crippen LogP contribution in [0, 0.1) is 5.92 Å². The Morgan fingerprint density at radius 3 is 2.58 bits per heavy atom. The summed E-state index contributed by atoms with van der Waals surface area (Å²) in [5.74, 6) is 2.19. The number of carbonyl (C=O) groups is 1. The molecular formula is C29H30ClN5O3. The lowest BCUT2D eigenvalue weighted by atomic mass is 9.98. The number of fused-ring (bicyclic) bond motifs is 1. The van der Waals surface area contributed by atoms with Gasteiger partial charge in [-0.25, -0.2) is 9.97 Å². The number of methoxy groups -OCH3 is 1. The highest BCUT2D eigenvalue weighted by molar-refractivity contribution is 6.33. The second-order valence-electron chi connectivity index (χ2n) is 9.44. The fourth-order valence-corrected chi connectivity index (χ4v) is 4.71. The summed E-state index contributed by atoms with van der Waals surface area (Å²) in [5.41, 5.74) is 2.53. The molecule has 9 heteroatoms. The number of nitrogens with zero attached hydrogens (tertiary/aromatic N) is 3. The van der Waals surface area contributed by atoms with Gasteiger partial charge in [-0.2, -0.15) is 0 Å². The Morgan fingerprint density at radius 2 is 1.84 bits per heavy atom. The van der Waals surface area contributed by atoms with Crippen LogP contribution in [0.1, 0.15) is 23.2 Å². The van der Waals surface area contributed by atoms with Crippen LogP contribution in [0.4, 0.5) is 17.2 Å². The van der Waals surface area contributed by atoms with Gasteiger partial charge in [0.1, 0.15) is 12.1 Å². The molecule has 1 aliphatic heterocycles. The van der Waals surface area contributed by atoms with Crippen molar-refractivity contribution in [3.8, 4) is 11.5 Å². The minimum atomic E-state index is -0.204. The van der Waals surface area contributed by atoms with Gasteiger partial charge in [0.25, 0.3) is 5.91 Å². The van der Waals surface area contributed by atoms with Crippen molar-refractivity contribution in [2.45, 2.75) is 12.8 Å². The lowest BCUT2D eigenvalue weighted by molar-refractivity contribution is 0.102. The number of likely N-dealkylation sites (tertiary alicyclic amines) is 1. The molecule has 5 rings (SSSR count). The Kier molecular flexibility index (Phi) is 7.91. The summed E-state index contributed by atoms with van der Waals surface area (Å²) in [6.45, 7) is 2.83. The second-order valence-corrected chi connectivity index (χ2v) is 9.85. The molecule has 38 heavy (non-hydrogen) atoms. The molecule has 0 aliphatic carbocycles. The van der Waals surface area contributed by atoms with Crippen molar-refractivity contribution in [1.82, 2.24) is 14.9 Å². The van der Waals surface area contributed by atoms with Crippen LogP contribution in [0.25, 0.3) is 10.9 Å². The predicted octanol–water partition coefficient (Wildman–Crippen LogP) is 6.01. The third-order valence-electron chi connectivity index (χ3n) is 6.75. The normalized spacial score (nSPS) is 14.3. The van der Waals surface area contributed by atoms with E-state index in [2.05, 4.69) is 32.5 Å². The van der Waals surface area contributed by atoms with E-state index in [-0.39, 0.29) is 5.91 Å². The van der Waals surface area contributed by atoms with Gasteiger partial charge in [0.2, 0.25) is 0 Å². The van der Waals surface area contributed by atoms with Gasteiger partial charge in [-0.15, -0.1) is 0 Å². The van der Waals surface area contributed by atoms with Crippen LogP contribution in [0.15, 0.2) is 67.0 Å². The van der Waals surface area contributed by atoms with Gasteiger partial charge in [0.05, 0.1) is 29.9 Å². The van der Waals surface area contributed by atoms with Crippen molar-refractivity contribution in [1.29, 1.82) is 0 Å². The number of amides is 1. The topological polar surface area (TPSA) is 88.6 Å². The molecule has 0 unspecified atom stereocenters. The summed E-state index contributed by atoms with van der Waals surface area (Å²) in [7, 11) is 3.78. The van der Waals surface area contributed by atoms with Crippen LogP contribution in [-0.4, -0.2) is 54.6 Å². The van der Waals surface area contributed by atoms with Crippen LogP contribution in [-0.2, 0) is 0 Å². The average molecular weight is 532 g/mol. The van der Waals surface area contributed by atoms with Crippen molar-refractivity contribution in [3.05, 3.63) is 77.6 Å². The van der Waals surface area contributed by atoms with E-state index in [1.165, 1.54) is 6.33 Å². The van der Waals surface area contributed by atoms with E-state index < -0.39 is 0 Å². The number of rotatable bonds is 8. The first-order valence-corrected chi connectivity index (χ1v) is 12.9. The summed E-state index contributed by atoms with van der Waals surface area (Å²) < 4.78 is 11.8. The van der Waals surface area contributed by atoms with E-state index in [9.17, 15) is 4.79 Å². The van der Waals surface area contributed by atoms with Crippen LogP contribution >= 0.6 is 11.6 Å². The predicted molar refractivity (Wildman–Crippen MR) is 151 cm³/mol. The highest BCUT2D eigenvalue weighted by atomic mass is 35.5. The molecule has 0 atom stereocenters. The average Bonchev–Trinajstić information content (AvgIpc) is 2.94. The molecule has 1 aromatic heterocycles. The monoisotopic (exact) mass is 531 g/mol. The molecule has 1 amide bonds. The standard InChI is InChI=1S/C29H30ClN5O3/c1-35-12-10-19(11-13-35)17-38-27-16-25-22(15-26(27)37-2)28(32-18-31-25)34-24-9-8-21(14-23(24)30)33-29(36)20-6-4-3-5-7-20/h3-9,14-16,18-19H,10-13,17H2,1-2H3,(H,33,36)(H,31,32,34). The van der Waals surface area contributed by atoms with E-state index in [0.29, 0.717) is 51.8 Å². The molecule has 1 aliphatic rings. The van der Waals surface area contributed by atoms with E-state index in [0.717, 1.165) is 36.8 Å². The van der Waals surface area contributed by atoms with Crippen molar-refractivity contribution in [3.63, 3.8) is 0 Å². The van der Waals surface area contributed by atoms with E-state index in [1.807, 2.05) is 30.3 Å². The lowest BCUT2D eigenvalue weighted by Gasteiger charge is -2.28. The molecule has 0 spiro atoms. The fraction of sp³-hybridized carbons (Fsp3) is 0.276. The van der Waals surface area contributed by atoms with Crippen LogP contribution in [0.5, 0.6) is 11.5 Å². The largest absolute Gasteiger partial charge is 0.493 e. The highest BCUT2D eigenvalue weighted by Crippen LogP contribution is 2.36. The Labute approximate surface area is 226 Å². The number of carbonyl (C=O) groups excluding carboxylic acids is 1. The van der Waals surface area contributed by atoms with Gasteiger partial charge in [0.15, 0.2) is 11.5 Å². The number of ether oxygens (including phenoxy) is 2. The highest BCUT2D eigenvalue weighted by Gasteiger charge is 2.19. The van der Waals surface area contributed by atoms with E-state index in [4.69, 9.17) is 21.1 Å². The summed E-state index contributed by atoms with van der Waals surface area (Å²) >= 11 is 6.56. The maximum absolute atomic E-state index is 12.5. The molecule has 0 bridgehead atoms. The summed E-state index contributed by atoms with van der Waals surface area (Å²) in [6.07, 6.45) is 3.75. The summed E-state index contributed by atoms with van der Waals surface area (Å²) in [6, 6.07) is 18.1. The number of aromatic nitrogens is 2. The molecule has 2 heterocycles. The fourth-order valence-electron chi connectivity index (χ4n) is 4.49. The Hall–Kier alpha value is -3.88. The number of halogens is 1. The summed E-state index contributed by atoms with van der Waals surface area (Å²) in [5, 5.41) is 7.37. The first kappa shape index (κ1) is 25.8. The molecule has 1 fully saturated rings. The number of piperidine rings is 1. The minimum Gasteiger partial charge on any atom is -0.493 e. The zero-order valence-electron chi connectivity index (χ0n) is 21.4. The van der Waals surface area contributed by atoms with Crippen molar-refractivity contribution in [2.75, 3.05) is 44.5 Å². The quantitative estimate of drug-likeness (QED) is 0.288. The SMILES string of the molecule is COc1cc2c(Nc3ccc(NC(=O)c4ccccc4)cc3Cl)ncnc2cc1OCC1CCN(C)CC1. The van der Waals surface area contributed by atoms with E-state index in [1.54, 1.807) is 37.4 Å². The zero-order chi connectivity index (χ0) is 26.5. The number of anilines is 3. The number of nitrogens with one attached hydrogen (secondary N) is 2. The van der Waals surface area contributed by atoms with Gasteiger partial charge in [-0.3, -0.25) is 4.79 Å². The number of hydrogen-bond acceptors (Lipinski definition) is 7. The van der Waals surface area contributed by atoms with Crippen molar-refractivity contribution < 1.29 is 14.3 Å². The van der Waals surface area contributed by atoms with Gasteiger partial charge >= 0.3 is 0 Å². The minimum absolute atomic E-state index is 0.204. The smallest absolute Gasteiger partial charge is 0.255 e. The molecule has 1 saturated heterocycles. The maximum Gasteiger partial charge on any atom is 0.255 e. The van der Waals surface area contributed by atoms with Crippen LogP contribution in [0.3, 0.4) is 0 Å². The Bertz CT molecular complexity index is 1420. The summed E-state index contributed by atoms with van der Waals surface area (Å²) in [4.78, 5) is 23.7. The first-order valence-electron chi connectivity index (χ1n) is 12.6. The van der Waals surface area contributed by atoms with Gasteiger partial charge in [-0.1, -0.05) is 29.8 Å². The molecule has 8 nitrogen and oxygen atoms in total. The zero-order valence-corrected chi connectivity index (χ0v) is 22.2. The third kappa shape index (κ3) is 5.98. The number of hydrogen-bond donors (Lipinski definition) is 2. The molecule has 3 aromatic carbocycles. The molecular weight excluding hydrogens is 502 g/mol. The third-order valence-corrected chi connectivity index (χ3v) is 7.06. The van der Waals surface area contributed by atoms with E-state index >= 15 is 0 Å².